The largest absolute Gasteiger partial charge is 0.490 e. The van der Waals surface area contributed by atoms with Crippen LogP contribution in [-0.2, 0) is 0 Å². The summed E-state index contributed by atoms with van der Waals surface area (Å²) in [6.07, 6.45) is 1.20. The van der Waals surface area contributed by atoms with Crippen molar-refractivity contribution in [2.75, 3.05) is 25.6 Å². The van der Waals surface area contributed by atoms with Crippen molar-refractivity contribution >= 4 is 11.5 Å². The fraction of sp³-hybridized carbons (Fsp3) is 0.231. The number of benzene rings is 1. The summed E-state index contributed by atoms with van der Waals surface area (Å²) in [6, 6.07) is 9.21. The number of aromatic nitrogens is 2. The van der Waals surface area contributed by atoms with Crippen LogP contribution >= 0.6 is 0 Å². The third kappa shape index (κ3) is 3.78. The molecule has 0 aliphatic carbocycles. The SMILES string of the molecule is CNc1ncnc(OCCOc2ccccc2)c1[N+](=O)[O-]. The van der Waals surface area contributed by atoms with Gasteiger partial charge >= 0.3 is 5.69 Å². The Morgan fingerprint density at radius 1 is 1.19 bits per heavy atom. The highest BCUT2D eigenvalue weighted by Crippen LogP contribution is 2.30. The van der Waals surface area contributed by atoms with Crippen LogP contribution in [0.2, 0.25) is 0 Å². The monoisotopic (exact) mass is 290 g/mol. The summed E-state index contributed by atoms with van der Waals surface area (Å²) < 4.78 is 10.7. The number of hydrogen-bond donors (Lipinski definition) is 1. The molecule has 0 fully saturated rings. The molecule has 8 nitrogen and oxygen atoms in total. The maximum Gasteiger partial charge on any atom is 0.372 e. The van der Waals surface area contributed by atoms with Crippen LogP contribution in [0.4, 0.5) is 11.5 Å². The number of nitrogens with one attached hydrogen (secondary N) is 1. The van der Waals surface area contributed by atoms with E-state index in [1.807, 2.05) is 30.3 Å². The lowest BCUT2D eigenvalue weighted by Crippen LogP contribution is -2.12. The van der Waals surface area contributed by atoms with E-state index in [0.29, 0.717) is 5.75 Å². The lowest BCUT2D eigenvalue weighted by molar-refractivity contribution is -0.385. The van der Waals surface area contributed by atoms with Crippen molar-refractivity contribution in [3.8, 4) is 11.6 Å². The quantitative estimate of drug-likeness (QED) is 0.472. The molecule has 0 atom stereocenters. The van der Waals surface area contributed by atoms with Gasteiger partial charge in [0.05, 0.1) is 4.92 Å². The van der Waals surface area contributed by atoms with Gasteiger partial charge in [-0.15, -0.1) is 0 Å². The van der Waals surface area contributed by atoms with Gasteiger partial charge in [0.1, 0.15) is 25.3 Å². The molecule has 1 aromatic heterocycles. The first-order valence-electron chi connectivity index (χ1n) is 6.20. The van der Waals surface area contributed by atoms with E-state index in [1.54, 1.807) is 0 Å². The number of nitro groups is 1. The first-order valence-corrected chi connectivity index (χ1v) is 6.20. The van der Waals surface area contributed by atoms with E-state index < -0.39 is 4.92 Å². The minimum atomic E-state index is -0.584. The average molecular weight is 290 g/mol. The number of rotatable bonds is 7. The molecule has 0 spiro atoms. The van der Waals surface area contributed by atoms with Gasteiger partial charge in [-0.3, -0.25) is 10.1 Å². The second-order valence-electron chi connectivity index (χ2n) is 3.89. The summed E-state index contributed by atoms with van der Waals surface area (Å²) in [6.45, 7) is 0.385. The maximum atomic E-state index is 11.0. The van der Waals surface area contributed by atoms with Crippen LogP contribution in [0.15, 0.2) is 36.7 Å². The molecule has 0 aliphatic rings. The molecule has 0 unspecified atom stereocenters. The van der Waals surface area contributed by atoms with Crippen molar-refractivity contribution in [3.05, 3.63) is 46.8 Å². The highest BCUT2D eigenvalue weighted by atomic mass is 16.6. The van der Waals surface area contributed by atoms with Gasteiger partial charge in [0.25, 0.3) is 5.88 Å². The van der Waals surface area contributed by atoms with E-state index in [1.165, 1.54) is 13.4 Å². The van der Waals surface area contributed by atoms with Gasteiger partial charge in [0, 0.05) is 7.05 Å². The molecular formula is C13H14N4O4. The molecule has 2 rings (SSSR count). The Morgan fingerprint density at radius 2 is 1.90 bits per heavy atom. The van der Waals surface area contributed by atoms with E-state index in [9.17, 15) is 10.1 Å². The summed E-state index contributed by atoms with van der Waals surface area (Å²) in [7, 11) is 1.54. The maximum absolute atomic E-state index is 11.0. The Morgan fingerprint density at radius 3 is 2.57 bits per heavy atom. The highest BCUT2D eigenvalue weighted by molar-refractivity contribution is 5.60. The van der Waals surface area contributed by atoms with Crippen LogP contribution in [0.3, 0.4) is 0 Å². The Bertz CT molecular complexity index is 606. The van der Waals surface area contributed by atoms with Crippen molar-refractivity contribution in [1.29, 1.82) is 0 Å². The van der Waals surface area contributed by atoms with Crippen LogP contribution in [0, 0.1) is 10.1 Å². The zero-order chi connectivity index (χ0) is 15.1. The second-order valence-corrected chi connectivity index (χ2v) is 3.89. The number of ether oxygens (including phenoxy) is 2. The van der Waals surface area contributed by atoms with Gasteiger partial charge < -0.3 is 14.8 Å². The summed E-state index contributed by atoms with van der Waals surface area (Å²) in [4.78, 5) is 18.0. The van der Waals surface area contributed by atoms with Crippen molar-refractivity contribution in [2.24, 2.45) is 0 Å². The van der Waals surface area contributed by atoms with Crippen molar-refractivity contribution in [3.63, 3.8) is 0 Å². The van der Waals surface area contributed by atoms with Gasteiger partial charge in [-0.25, -0.2) is 4.98 Å². The van der Waals surface area contributed by atoms with Gasteiger partial charge in [-0.1, -0.05) is 18.2 Å². The zero-order valence-electron chi connectivity index (χ0n) is 11.4. The Balaban J connectivity index is 1.95. The predicted molar refractivity (Wildman–Crippen MR) is 75.7 cm³/mol. The van der Waals surface area contributed by atoms with Gasteiger partial charge in [-0.05, 0) is 12.1 Å². The Hall–Kier alpha value is -2.90. The summed E-state index contributed by atoms with van der Waals surface area (Å²) in [5.41, 5.74) is -0.292. The van der Waals surface area contributed by atoms with Crippen LogP contribution in [0.5, 0.6) is 11.6 Å². The van der Waals surface area contributed by atoms with E-state index in [4.69, 9.17) is 9.47 Å². The van der Waals surface area contributed by atoms with Gasteiger partial charge in [-0.2, -0.15) is 4.98 Å². The number of nitrogens with zero attached hydrogens (tertiary/aromatic N) is 3. The fourth-order valence-corrected chi connectivity index (χ4v) is 1.63. The minimum absolute atomic E-state index is 0.0870. The van der Waals surface area contributed by atoms with E-state index in [-0.39, 0.29) is 30.6 Å². The molecule has 0 bridgehead atoms. The Kier molecular flexibility index (Phi) is 4.86. The molecule has 1 heterocycles. The molecule has 0 amide bonds. The van der Waals surface area contributed by atoms with Gasteiger partial charge in [0.15, 0.2) is 0 Å². The van der Waals surface area contributed by atoms with Gasteiger partial charge in [0.2, 0.25) is 5.82 Å². The van der Waals surface area contributed by atoms with Crippen LogP contribution in [0.1, 0.15) is 0 Å². The molecule has 1 aromatic carbocycles. The zero-order valence-corrected chi connectivity index (χ0v) is 11.4. The molecule has 21 heavy (non-hydrogen) atoms. The molecule has 2 aromatic rings. The minimum Gasteiger partial charge on any atom is -0.490 e. The second kappa shape index (κ2) is 7.04. The lowest BCUT2D eigenvalue weighted by atomic mass is 10.3. The first-order chi connectivity index (χ1) is 10.2. The fourth-order valence-electron chi connectivity index (χ4n) is 1.63. The molecule has 1 N–H and O–H groups in total. The predicted octanol–water partition coefficient (Wildman–Crippen LogP) is 1.88. The van der Waals surface area contributed by atoms with E-state index >= 15 is 0 Å². The topological polar surface area (TPSA) is 99.4 Å². The molecule has 110 valence electrons. The van der Waals surface area contributed by atoms with E-state index in [0.717, 1.165) is 0 Å². The molecule has 0 saturated carbocycles. The van der Waals surface area contributed by atoms with Crippen molar-refractivity contribution in [2.45, 2.75) is 0 Å². The van der Waals surface area contributed by atoms with E-state index in [2.05, 4.69) is 15.3 Å². The number of para-hydroxylation sites is 1. The molecule has 0 saturated heterocycles. The first kappa shape index (κ1) is 14.5. The third-order valence-corrected chi connectivity index (χ3v) is 2.54. The highest BCUT2D eigenvalue weighted by Gasteiger charge is 2.23. The molecule has 0 aliphatic heterocycles. The average Bonchev–Trinajstić information content (AvgIpc) is 2.52. The van der Waals surface area contributed by atoms with Crippen molar-refractivity contribution in [1.82, 2.24) is 9.97 Å². The summed E-state index contributed by atoms with van der Waals surface area (Å²) >= 11 is 0. The van der Waals surface area contributed by atoms with Crippen LogP contribution in [-0.4, -0.2) is 35.2 Å². The Labute approximate surface area is 120 Å². The summed E-state index contributed by atoms with van der Waals surface area (Å²) in [5, 5.41) is 13.7. The molecule has 0 radical (unpaired) electrons. The van der Waals surface area contributed by atoms with Crippen LogP contribution < -0.4 is 14.8 Å². The number of anilines is 1. The number of hydrogen-bond acceptors (Lipinski definition) is 7. The molecular weight excluding hydrogens is 276 g/mol. The third-order valence-electron chi connectivity index (χ3n) is 2.54. The summed E-state index contributed by atoms with van der Waals surface area (Å²) in [5.74, 6) is 0.721. The smallest absolute Gasteiger partial charge is 0.372 e. The normalized spacial score (nSPS) is 9.95. The van der Waals surface area contributed by atoms with Crippen LogP contribution in [0.25, 0.3) is 0 Å². The molecule has 8 heteroatoms. The standard InChI is InChI=1S/C13H14N4O4/c1-14-12-11(17(18)19)13(16-9-15-12)21-8-7-20-10-5-3-2-4-6-10/h2-6,9H,7-8H2,1H3,(H,14,15,16). The van der Waals surface area contributed by atoms with Crippen molar-refractivity contribution < 1.29 is 14.4 Å². The lowest BCUT2D eigenvalue weighted by Gasteiger charge is -2.08.